The number of likely N-dealkylation sites (N-methyl/N-ethyl adjacent to an activating group) is 1. The average molecular weight is 709 g/mol. The normalized spacial score (nSPS) is 14.5. The zero-order valence-electron chi connectivity index (χ0n) is 28.1. The fraction of sp³-hybridized carbons (Fsp3) is 0.515. The zero-order valence-corrected chi connectivity index (χ0v) is 29.1. The quantitative estimate of drug-likeness (QED) is 0.121. The number of nitrogens with zero attached hydrogens (tertiary/aromatic N) is 6. The van der Waals surface area contributed by atoms with E-state index in [9.17, 15) is 0 Å². The smallest absolute Gasteiger partial charge is 0.323 e. The third-order valence-electron chi connectivity index (χ3n) is 7.76. The zero-order chi connectivity index (χ0) is 31.8. The van der Waals surface area contributed by atoms with Crippen LogP contribution in [0.5, 0.6) is 6.01 Å². The van der Waals surface area contributed by atoms with Crippen molar-refractivity contribution in [2.24, 2.45) is 0 Å². The number of anilines is 3. The molecule has 4 aromatic rings. The van der Waals surface area contributed by atoms with Crippen LogP contribution < -0.4 is 36.2 Å². The van der Waals surface area contributed by atoms with Crippen molar-refractivity contribution in [1.29, 1.82) is 0 Å². The van der Waals surface area contributed by atoms with Gasteiger partial charge >= 0.3 is 6.01 Å². The molecule has 7 N–H and O–H groups in total. The molecule has 1 aliphatic heterocycles. The minimum Gasteiger partial charge on any atom is -0.461 e. The van der Waals surface area contributed by atoms with Crippen LogP contribution in [0.25, 0.3) is 22.6 Å². The number of benzene rings is 2. The summed E-state index contributed by atoms with van der Waals surface area (Å²) in [6, 6.07) is 16.3. The van der Waals surface area contributed by atoms with Crippen LogP contribution in [0, 0.1) is 0 Å². The molecule has 0 spiro atoms. The van der Waals surface area contributed by atoms with Crippen molar-refractivity contribution in [3.63, 3.8) is 0 Å². The van der Waals surface area contributed by atoms with Crippen molar-refractivity contribution >= 4 is 28.7 Å². The van der Waals surface area contributed by atoms with E-state index in [4.69, 9.17) is 9.15 Å². The van der Waals surface area contributed by atoms with E-state index in [-0.39, 0.29) is 22.3 Å². The van der Waals surface area contributed by atoms with Gasteiger partial charge in [0, 0.05) is 101 Å². The van der Waals surface area contributed by atoms with E-state index in [1.807, 2.05) is 43.4 Å². The molecule has 0 saturated carbocycles. The first-order valence-corrected chi connectivity index (χ1v) is 16.6. The molecule has 2 aromatic heterocycles. The van der Waals surface area contributed by atoms with Crippen molar-refractivity contribution in [1.82, 2.24) is 40.8 Å². The third-order valence-corrected chi connectivity index (χ3v) is 7.76. The monoisotopic (exact) mass is 708 g/mol. The number of aromatic nitrogens is 4. The number of fused-ring (bicyclic) bond motifs is 1. The van der Waals surface area contributed by atoms with Crippen LogP contribution in [-0.4, -0.2) is 123 Å². The maximum Gasteiger partial charge on any atom is 0.323 e. The molecular formula is C33H51CoN11O3. The van der Waals surface area contributed by atoms with Crippen LogP contribution in [0.15, 0.2) is 52.9 Å². The molecule has 1 fully saturated rings. The number of ether oxygens (including phenoxy) is 1. The predicted octanol–water partition coefficient (Wildman–Crippen LogP) is 2.08. The van der Waals surface area contributed by atoms with Crippen molar-refractivity contribution < 1.29 is 31.4 Å². The Balaban J connectivity index is 0.00000312. The molecular weight excluding hydrogens is 657 g/mol. The Bertz CT molecular complexity index is 1420. The van der Waals surface area contributed by atoms with E-state index in [0.717, 1.165) is 107 Å². The van der Waals surface area contributed by atoms with E-state index in [2.05, 4.69) is 75.4 Å². The summed E-state index contributed by atoms with van der Waals surface area (Å²) in [5.41, 5.74) is 3.64. The molecule has 0 bridgehead atoms. The molecule has 265 valence electrons. The Morgan fingerprint density at radius 2 is 1.48 bits per heavy atom. The first-order chi connectivity index (χ1) is 22.7. The molecule has 0 unspecified atom stereocenters. The van der Waals surface area contributed by atoms with Gasteiger partial charge in [0.1, 0.15) is 12.1 Å². The van der Waals surface area contributed by atoms with Gasteiger partial charge in [-0.25, -0.2) is 4.98 Å². The van der Waals surface area contributed by atoms with Crippen molar-refractivity contribution in [3.05, 3.63) is 48.5 Å². The molecule has 1 saturated heterocycles. The molecule has 0 atom stereocenters. The minimum absolute atomic E-state index is 0. The summed E-state index contributed by atoms with van der Waals surface area (Å²) in [6.45, 7) is 13.8. The molecule has 0 amide bonds. The van der Waals surface area contributed by atoms with Crippen molar-refractivity contribution in [2.45, 2.75) is 19.8 Å². The van der Waals surface area contributed by atoms with Crippen LogP contribution in [0.3, 0.4) is 0 Å². The molecule has 48 heavy (non-hydrogen) atoms. The molecule has 14 nitrogen and oxygen atoms in total. The van der Waals surface area contributed by atoms with Gasteiger partial charge in [0.15, 0.2) is 5.58 Å². The first kappa shape index (κ1) is 38.9. The van der Waals surface area contributed by atoms with Gasteiger partial charge in [0.05, 0.1) is 6.54 Å². The second-order valence-corrected chi connectivity index (χ2v) is 11.4. The number of hydrogen-bond acceptors (Lipinski definition) is 13. The molecule has 1 aliphatic rings. The molecule has 5 rings (SSSR count). The Hall–Kier alpha value is -3.57. The number of hydrogen-bond donors (Lipinski definition) is 5. The molecule has 15 heteroatoms. The fourth-order valence-corrected chi connectivity index (χ4v) is 5.11. The Morgan fingerprint density at radius 3 is 2.15 bits per heavy atom. The van der Waals surface area contributed by atoms with E-state index in [1.54, 1.807) is 0 Å². The SMILES string of the molecule is CCCNc1nc(NCCCN2CCNCCNCCNCC2)nc(OCCN(C)c2ccc(-c3nc4ccccc4o3)cc2)n1.O.[Co]. The van der Waals surface area contributed by atoms with E-state index < -0.39 is 0 Å². The van der Waals surface area contributed by atoms with Gasteiger partial charge in [0.25, 0.3) is 0 Å². The van der Waals surface area contributed by atoms with Crippen molar-refractivity contribution in [3.8, 4) is 17.5 Å². The van der Waals surface area contributed by atoms with Gasteiger partial charge in [-0.1, -0.05) is 19.1 Å². The topological polar surface area (TPSA) is 172 Å². The van der Waals surface area contributed by atoms with Gasteiger partial charge in [0.2, 0.25) is 17.8 Å². The third kappa shape index (κ3) is 12.5. The summed E-state index contributed by atoms with van der Waals surface area (Å²) >= 11 is 0. The largest absolute Gasteiger partial charge is 0.461 e. The maximum atomic E-state index is 6.02. The van der Waals surface area contributed by atoms with Crippen LogP contribution >= 0.6 is 0 Å². The van der Waals surface area contributed by atoms with Crippen LogP contribution in [0.1, 0.15) is 19.8 Å². The number of rotatable bonds is 14. The summed E-state index contributed by atoms with van der Waals surface area (Å²) < 4.78 is 11.9. The summed E-state index contributed by atoms with van der Waals surface area (Å²) in [5.74, 6) is 1.66. The van der Waals surface area contributed by atoms with Gasteiger partial charge in [-0.05, 0) is 55.8 Å². The van der Waals surface area contributed by atoms with Crippen LogP contribution in [-0.2, 0) is 16.8 Å². The Labute approximate surface area is 293 Å². The van der Waals surface area contributed by atoms with Crippen LogP contribution in [0.2, 0.25) is 0 Å². The Kier molecular flexibility index (Phi) is 17.3. The van der Waals surface area contributed by atoms with Crippen molar-refractivity contribution in [2.75, 3.05) is 108 Å². The first-order valence-electron chi connectivity index (χ1n) is 16.6. The summed E-state index contributed by atoms with van der Waals surface area (Å²) in [6.07, 6.45) is 1.95. The molecule has 3 heterocycles. The predicted molar refractivity (Wildman–Crippen MR) is 189 cm³/mol. The number of oxazole rings is 1. The van der Waals surface area contributed by atoms with Gasteiger partial charge in [-0.2, -0.15) is 15.0 Å². The minimum atomic E-state index is 0. The average Bonchev–Trinajstić information content (AvgIpc) is 3.51. The molecule has 2 aromatic carbocycles. The van der Waals surface area contributed by atoms with Gasteiger partial charge in [-0.3, -0.25) is 0 Å². The second-order valence-electron chi connectivity index (χ2n) is 11.4. The van der Waals surface area contributed by atoms with E-state index >= 15 is 0 Å². The Morgan fingerprint density at radius 1 is 0.833 bits per heavy atom. The van der Waals surface area contributed by atoms with Crippen LogP contribution in [0.4, 0.5) is 17.6 Å². The summed E-state index contributed by atoms with van der Waals surface area (Å²) in [7, 11) is 2.04. The number of nitrogens with one attached hydrogen (secondary N) is 5. The second kappa shape index (κ2) is 21.4. The summed E-state index contributed by atoms with van der Waals surface area (Å²) in [4.78, 5) is 22.9. The van der Waals surface area contributed by atoms with Gasteiger partial charge in [-0.15, -0.1) is 0 Å². The molecule has 1 radical (unpaired) electrons. The fourth-order valence-electron chi connectivity index (χ4n) is 5.11. The van der Waals surface area contributed by atoms with Gasteiger partial charge < -0.3 is 51.0 Å². The van der Waals surface area contributed by atoms with E-state index in [1.165, 1.54) is 0 Å². The maximum absolute atomic E-state index is 6.02. The number of para-hydroxylation sites is 2. The van der Waals surface area contributed by atoms with E-state index in [0.29, 0.717) is 36.9 Å². The standard InChI is InChI=1S/C33H49N11O2.Co.H2O/c1-3-13-37-31-40-32(38-14-6-21-44-22-19-35-17-15-34-16-18-36-20-23-44)42-33(41-31)45-25-24-43(2)27-11-9-26(10-12-27)30-39-28-7-4-5-8-29(28)46-30;;/h4-5,7-12,34-36H,3,6,13-25H2,1-2H3,(H2,37,38,40,41,42);;1H2. The molecule has 0 aliphatic carbocycles. The summed E-state index contributed by atoms with van der Waals surface area (Å²) in [5, 5.41) is 17.2.